The number of likely N-dealkylation sites (N-methyl/N-ethyl adjacent to an activating group) is 1. The molecule has 2 bridgehead atoms. The van der Waals surface area contributed by atoms with Crippen LogP contribution in [0.3, 0.4) is 0 Å². The minimum Gasteiger partial charge on any atom is -0.497 e. The van der Waals surface area contributed by atoms with Crippen molar-refractivity contribution in [3.8, 4) is 5.75 Å². The Labute approximate surface area is 133 Å². The molecule has 1 aliphatic carbocycles. The summed E-state index contributed by atoms with van der Waals surface area (Å²) in [4.78, 5) is 40.7. The summed E-state index contributed by atoms with van der Waals surface area (Å²) >= 11 is 0. The molecule has 6 nitrogen and oxygen atoms in total. The number of piperidine rings is 1. The Hall–Kier alpha value is -2.63. The lowest BCUT2D eigenvalue weighted by Gasteiger charge is -2.44. The van der Waals surface area contributed by atoms with Gasteiger partial charge in [0.25, 0.3) is 0 Å². The van der Waals surface area contributed by atoms with Gasteiger partial charge in [-0.15, -0.1) is 0 Å². The van der Waals surface area contributed by atoms with Crippen molar-refractivity contribution in [3.63, 3.8) is 0 Å². The molecule has 3 heterocycles. The maximum absolute atomic E-state index is 12.8. The monoisotopic (exact) mass is 312 g/mol. The first kappa shape index (κ1) is 14.0. The molecule has 5 rings (SSSR count). The number of hydrogen-bond acceptors (Lipinski definition) is 4. The second-order valence-corrected chi connectivity index (χ2v) is 6.11. The molecule has 3 amide bonds. The number of ether oxygens (including phenoxy) is 1. The third-order valence-electron chi connectivity index (χ3n) is 5.08. The molecule has 0 N–H and O–H groups in total. The summed E-state index contributed by atoms with van der Waals surface area (Å²) in [6.07, 6.45) is 3.65. The number of carbonyl (C=O) groups excluding carboxylic acids is 3. The van der Waals surface area contributed by atoms with Crippen LogP contribution in [0.1, 0.15) is 0 Å². The van der Waals surface area contributed by atoms with Crippen LogP contribution in [0.5, 0.6) is 5.75 Å². The zero-order valence-corrected chi connectivity index (χ0v) is 12.8. The van der Waals surface area contributed by atoms with Gasteiger partial charge in [0.05, 0.1) is 36.6 Å². The predicted octanol–water partition coefficient (Wildman–Crippen LogP) is 0.827. The van der Waals surface area contributed by atoms with E-state index in [0.717, 1.165) is 0 Å². The zero-order chi connectivity index (χ0) is 16.3. The SMILES string of the molecule is COc1ccc(N2C(=O)[C@H]3[C@H](C2=O)[C@H]2C=C[C@H]3N(C)C2=O)cc1. The first-order valence-corrected chi connectivity index (χ1v) is 7.51. The van der Waals surface area contributed by atoms with Crippen molar-refractivity contribution >= 4 is 23.4 Å². The Morgan fingerprint density at radius 2 is 1.57 bits per heavy atom. The van der Waals surface area contributed by atoms with E-state index in [1.165, 1.54) is 4.90 Å². The fraction of sp³-hybridized carbons (Fsp3) is 0.353. The van der Waals surface area contributed by atoms with Crippen molar-refractivity contribution < 1.29 is 19.1 Å². The molecule has 2 saturated heterocycles. The van der Waals surface area contributed by atoms with E-state index in [1.807, 2.05) is 6.08 Å². The van der Waals surface area contributed by atoms with Gasteiger partial charge in [0.15, 0.2) is 0 Å². The van der Waals surface area contributed by atoms with Gasteiger partial charge < -0.3 is 9.64 Å². The maximum atomic E-state index is 12.8. The van der Waals surface area contributed by atoms with E-state index in [1.54, 1.807) is 49.4 Å². The van der Waals surface area contributed by atoms with Crippen molar-refractivity contribution in [2.75, 3.05) is 19.1 Å². The Kier molecular flexibility index (Phi) is 2.85. The first-order valence-electron chi connectivity index (χ1n) is 7.51. The number of amides is 3. The van der Waals surface area contributed by atoms with Gasteiger partial charge in [-0.1, -0.05) is 12.2 Å². The summed E-state index contributed by atoms with van der Waals surface area (Å²) in [6.45, 7) is 0. The fourth-order valence-electron chi connectivity index (χ4n) is 3.90. The number of benzene rings is 1. The minimum atomic E-state index is -0.580. The molecule has 118 valence electrons. The zero-order valence-electron chi connectivity index (χ0n) is 12.8. The van der Waals surface area contributed by atoms with Crippen LogP contribution >= 0.6 is 0 Å². The first-order chi connectivity index (χ1) is 11.0. The van der Waals surface area contributed by atoms with Gasteiger partial charge >= 0.3 is 0 Å². The van der Waals surface area contributed by atoms with Crippen molar-refractivity contribution in [2.24, 2.45) is 17.8 Å². The molecular formula is C17H16N2O4. The van der Waals surface area contributed by atoms with Gasteiger partial charge in [-0.05, 0) is 24.3 Å². The highest BCUT2D eigenvalue weighted by molar-refractivity contribution is 6.24. The van der Waals surface area contributed by atoms with Crippen molar-refractivity contribution in [1.29, 1.82) is 0 Å². The third-order valence-corrected chi connectivity index (χ3v) is 5.08. The van der Waals surface area contributed by atoms with Gasteiger partial charge in [-0.3, -0.25) is 14.4 Å². The van der Waals surface area contributed by atoms with Crippen LogP contribution in [0, 0.1) is 17.8 Å². The lowest BCUT2D eigenvalue weighted by atomic mass is 9.70. The molecule has 6 heteroatoms. The van der Waals surface area contributed by atoms with Crippen LogP contribution < -0.4 is 9.64 Å². The third kappa shape index (κ3) is 1.72. The standard InChI is InChI=1S/C17H16N2O4/c1-18-12-8-7-11(15(18)20)13-14(12)17(22)19(16(13)21)9-3-5-10(23-2)6-4-9/h3-8,11-14H,1-2H3/t11-,12-,13-,14-/m1/s1. The minimum absolute atomic E-state index is 0.0866. The smallest absolute Gasteiger partial charge is 0.240 e. The molecule has 23 heavy (non-hydrogen) atoms. The molecule has 4 aliphatic rings. The highest BCUT2D eigenvalue weighted by Crippen LogP contribution is 2.46. The van der Waals surface area contributed by atoms with Gasteiger partial charge in [0, 0.05) is 7.05 Å². The number of imide groups is 1. The number of rotatable bonds is 2. The largest absolute Gasteiger partial charge is 0.497 e. The molecule has 0 unspecified atom stereocenters. The predicted molar refractivity (Wildman–Crippen MR) is 81.7 cm³/mol. The lowest BCUT2D eigenvalue weighted by Crippen LogP contribution is -2.57. The average Bonchev–Trinajstić information content (AvgIpc) is 2.84. The van der Waals surface area contributed by atoms with Gasteiger partial charge in [0.1, 0.15) is 5.75 Å². The summed E-state index contributed by atoms with van der Waals surface area (Å²) in [7, 11) is 3.24. The van der Waals surface area contributed by atoms with E-state index in [9.17, 15) is 14.4 Å². The number of methoxy groups -OCH3 is 1. The van der Waals surface area contributed by atoms with Crippen LogP contribution in [0.15, 0.2) is 36.4 Å². The highest BCUT2D eigenvalue weighted by Gasteiger charge is 2.61. The Bertz CT molecular complexity index is 739. The average molecular weight is 312 g/mol. The van der Waals surface area contributed by atoms with E-state index in [2.05, 4.69) is 0 Å². The van der Waals surface area contributed by atoms with Crippen LogP contribution in [-0.2, 0) is 14.4 Å². The van der Waals surface area contributed by atoms with E-state index >= 15 is 0 Å². The van der Waals surface area contributed by atoms with Gasteiger partial charge in [0.2, 0.25) is 17.7 Å². The van der Waals surface area contributed by atoms with Crippen molar-refractivity contribution in [1.82, 2.24) is 4.90 Å². The topological polar surface area (TPSA) is 66.9 Å². The molecule has 0 saturated carbocycles. The molecule has 1 aromatic carbocycles. The Morgan fingerprint density at radius 1 is 0.913 bits per heavy atom. The van der Waals surface area contributed by atoms with Crippen LogP contribution in [0.2, 0.25) is 0 Å². The summed E-state index contributed by atoms with van der Waals surface area (Å²) in [5, 5.41) is 0. The van der Waals surface area contributed by atoms with Crippen LogP contribution in [0.4, 0.5) is 5.69 Å². The van der Waals surface area contributed by atoms with E-state index in [-0.39, 0.29) is 23.8 Å². The number of carbonyl (C=O) groups is 3. The van der Waals surface area contributed by atoms with Gasteiger partial charge in [-0.2, -0.15) is 0 Å². The van der Waals surface area contributed by atoms with Crippen molar-refractivity contribution in [3.05, 3.63) is 36.4 Å². The number of nitrogens with zero attached hydrogens (tertiary/aromatic N) is 2. The summed E-state index contributed by atoms with van der Waals surface area (Å²) in [5.41, 5.74) is 0.518. The number of anilines is 1. The molecule has 4 atom stereocenters. The van der Waals surface area contributed by atoms with E-state index in [0.29, 0.717) is 11.4 Å². The molecule has 2 fully saturated rings. The molecule has 1 aromatic rings. The van der Waals surface area contributed by atoms with Crippen LogP contribution in [0.25, 0.3) is 0 Å². The number of hydrogen-bond donors (Lipinski definition) is 0. The summed E-state index contributed by atoms with van der Waals surface area (Å²) in [5.74, 6) is -1.55. The van der Waals surface area contributed by atoms with E-state index in [4.69, 9.17) is 4.74 Å². The second-order valence-electron chi connectivity index (χ2n) is 6.11. The normalized spacial score (nSPS) is 31.8. The fourth-order valence-corrected chi connectivity index (χ4v) is 3.90. The maximum Gasteiger partial charge on any atom is 0.240 e. The Morgan fingerprint density at radius 3 is 2.22 bits per heavy atom. The number of fused-ring (bicyclic) bond motifs is 1. The highest BCUT2D eigenvalue weighted by atomic mass is 16.5. The second kappa shape index (κ2) is 4.68. The summed E-state index contributed by atoms with van der Waals surface area (Å²) in [6, 6.07) is 6.46. The van der Waals surface area contributed by atoms with Crippen molar-refractivity contribution in [2.45, 2.75) is 6.04 Å². The molecule has 0 aromatic heterocycles. The molecule has 3 aliphatic heterocycles. The van der Waals surface area contributed by atoms with Gasteiger partial charge in [-0.25, -0.2) is 4.90 Å². The molecule has 0 spiro atoms. The van der Waals surface area contributed by atoms with E-state index < -0.39 is 17.8 Å². The van der Waals surface area contributed by atoms with Crippen LogP contribution in [-0.4, -0.2) is 42.8 Å². The molecular weight excluding hydrogens is 296 g/mol. The molecule has 0 radical (unpaired) electrons. The lowest BCUT2D eigenvalue weighted by molar-refractivity contribution is -0.148. The summed E-state index contributed by atoms with van der Waals surface area (Å²) < 4.78 is 5.10. The Balaban J connectivity index is 1.74. The quantitative estimate of drug-likeness (QED) is 0.599.